The van der Waals surface area contributed by atoms with E-state index in [1.54, 1.807) is 0 Å². The van der Waals surface area contributed by atoms with Gasteiger partial charge in [0.1, 0.15) is 11.4 Å². The quantitative estimate of drug-likeness (QED) is 0.651. The monoisotopic (exact) mass is 424 g/mol. The zero-order chi connectivity index (χ0) is 22.8. The maximum absolute atomic E-state index is 9.55. The number of ether oxygens (including phenoxy) is 1. The van der Waals surface area contributed by atoms with Crippen LogP contribution in [-0.2, 0) is 9.59 Å². The van der Waals surface area contributed by atoms with E-state index in [1.807, 2.05) is 36.4 Å². The van der Waals surface area contributed by atoms with Gasteiger partial charge in [0.05, 0.1) is 0 Å². The molecule has 0 unspecified atom stereocenters. The lowest BCUT2D eigenvalue weighted by atomic mass is 10.0. The molecule has 0 atom stereocenters. The molecule has 31 heavy (non-hydrogen) atoms. The Morgan fingerprint density at radius 1 is 1.00 bits per heavy atom. The minimum absolute atomic E-state index is 0.424. The van der Waals surface area contributed by atoms with Crippen LogP contribution in [0.4, 0.5) is 5.69 Å². The first-order valence-corrected chi connectivity index (χ1v) is 10.0. The maximum Gasteiger partial charge on any atom is 0.328 e. The van der Waals surface area contributed by atoms with Crippen molar-refractivity contribution in [1.29, 1.82) is 0 Å². The molecule has 3 rings (SSSR count). The van der Waals surface area contributed by atoms with Gasteiger partial charge in [-0.15, -0.1) is 0 Å². The zero-order valence-corrected chi connectivity index (χ0v) is 18.0. The Labute approximate surface area is 182 Å². The summed E-state index contributed by atoms with van der Waals surface area (Å²) in [6, 6.07) is 16.3. The number of aliphatic carboxylic acids is 2. The molecule has 0 saturated carbocycles. The first-order chi connectivity index (χ1) is 14.8. The van der Waals surface area contributed by atoms with Crippen LogP contribution in [0.5, 0.6) is 11.5 Å². The predicted molar refractivity (Wildman–Crippen MR) is 121 cm³/mol. The Bertz CT molecular complexity index is 950. The summed E-state index contributed by atoms with van der Waals surface area (Å²) in [5.41, 5.74) is 3.35. The average molecular weight is 424 g/mol. The molecule has 0 amide bonds. The average Bonchev–Trinajstić information content (AvgIpc) is 3.13. The molecule has 2 N–H and O–H groups in total. The number of carboxylic acids is 2. The number of hydrogen-bond acceptors (Lipinski definition) is 5. The SMILES string of the molecule is CC(C)c1ccccc1Oc1ccccc1N=C1CCN(C)C1.O=C(O)/C=C/C(=O)O. The van der Waals surface area contributed by atoms with Crippen molar-refractivity contribution in [3.05, 3.63) is 66.2 Å². The lowest BCUT2D eigenvalue weighted by Crippen LogP contribution is -2.13. The van der Waals surface area contributed by atoms with Crippen molar-refractivity contribution >= 4 is 23.3 Å². The first kappa shape index (κ1) is 23.8. The van der Waals surface area contributed by atoms with Gasteiger partial charge < -0.3 is 19.8 Å². The number of likely N-dealkylation sites (tertiary alicyclic amines) is 1. The van der Waals surface area contributed by atoms with E-state index >= 15 is 0 Å². The van der Waals surface area contributed by atoms with E-state index in [9.17, 15) is 9.59 Å². The van der Waals surface area contributed by atoms with Gasteiger partial charge in [-0.2, -0.15) is 0 Å². The van der Waals surface area contributed by atoms with Gasteiger partial charge in [-0.05, 0) is 43.1 Å². The number of carbonyl (C=O) groups is 2. The summed E-state index contributed by atoms with van der Waals surface area (Å²) >= 11 is 0. The molecule has 2 aromatic carbocycles. The number of benzene rings is 2. The summed E-state index contributed by atoms with van der Waals surface area (Å²) in [6.07, 6.45) is 2.15. The van der Waals surface area contributed by atoms with E-state index in [0.717, 1.165) is 36.7 Å². The summed E-state index contributed by atoms with van der Waals surface area (Å²) < 4.78 is 6.22. The molecule has 0 spiro atoms. The van der Waals surface area contributed by atoms with Crippen molar-refractivity contribution in [2.24, 2.45) is 4.99 Å². The van der Waals surface area contributed by atoms with E-state index in [1.165, 1.54) is 11.3 Å². The van der Waals surface area contributed by atoms with Crippen molar-refractivity contribution in [2.45, 2.75) is 26.2 Å². The molecular weight excluding hydrogens is 396 g/mol. The second kappa shape index (κ2) is 11.7. The van der Waals surface area contributed by atoms with Gasteiger partial charge in [0, 0.05) is 31.0 Å². The van der Waals surface area contributed by atoms with E-state index in [0.29, 0.717) is 18.1 Å². The molecule has 1 aliphatic heterocycles. The van der Waals surface area contributed by atoms with Gasteiger partial charge in [-0.25, -0.2) is 9.59 Å². The van der Waals surface area contributed by atoms with E-state index in [2.05, 4.69) is 37.9 Å². The molecule has 1 aliphatic rings. The molecular formula is C24H28N2O5. The molecule has 0 radical (unpaired) electrons. The van der Waals surface area contributed by atoms with Crippen LogP contribution in [0.1, 0.15) is 31.7 Å². The maximum atomic E-state index is 9.55. The van der Waals surface area contributed by atoms with Gasteiger partial charge in [0.25, 0.3) is 0 Å². The molecule has 0 aromatic heterocycles. The second-order valence-corrected chi connectivity index (χ2v) is 7.44. The minimum Gasteiger partial charge on any atom is -0.478 e. The molecule has 1 fully saturated rings. The van der Waals surface area contributed by atoms with Crippen molar-refractivity contribution in [3.8, 4) is 11.5 Å². The van der Waals surface area contributed by atoms with E-state index < -0.39 is 11.9 Å². The normalized spacial score (nSPS) is 15.2. The van der Waals surface area contributed by atoms with Crippen LogP contribution in [0, 0.1) is 0 Å². The fourth-order valence-electron chi connectivity index (χ4n) is 3.00. The molecule has 0 bridgehead atoms. The largest absolute Gasteiger partial charge is 0.478 e. The van der Waals surface area contributed by atoms with Crippen LogP contribution in [-0.4, -0.2) is 52.9 Å². The number of hydrogen-bond donors (Lipinski definition) is 2. The Balaban J connectivity index is 0.000000366. The Morgan fingerprint density at radius 3 is 2.13 bits per heavy atom. The molecule has 1 saturated heterocycles. The first-order valence-electron chi connectivity index (χ1n) is 10.0. The van der Waals surface area contributed by atoms with Crippen LogP contribution in [0.15, 0.2) is 65.7 Å². The number of para-hydroxylation sites is 3. The molecule has 2 aromatic rings. The molecule has 164 valence electrons. The Hall–Kier alpha value is -3.45. The Kier molecular flexibility index (Phi) is 8.96. The molecule has 0 aliphatic carbocycles. The number of rotatable bonds is 6. The fraction of sp³-hybridized carbons (Fsp3) is 0.292. The van der Waals surface area contributed by atoms with Crippen molar-refractivity contribution in [1.82, 2.24) is 4.90 Å². The Morgan fingerprint density at radius 2 is 1.58 bits per heavy atom. The second-order valence-electron chi connectivity index (χ2n) is 7.44. The summed E-state index contributed by atoms with van der Waals surface area (Å²) in [7, 11) is 2.13. The van der Waals surface area contributed by atoms with Crippen molar-refractivity contribution < 1.29 is 24.5 Å². The number of nitrogens with zero attached hydrogens (tertiary/aromatic N) is 2. The van der Waals surface area contributed by atoms with Gasteiger partial charge >= 0.3 is 11.9 Å². The van der Waals surface area contributed by atoms with E-state index in [-0.39, 0.29) is 0 Å². The van der Waals surface area contributed by atoms with Crippen LogP contribution in [0.2, 0.25) is 0 Å². The summed E-state index contributed by atoms with van der Waals surface area (Å²) in [5.74, 6) is -0.352. The van der Waals surface area contributed by atoms with Crippen LogP contribution >= 0.6 is 0 Å². The van der Waals surface area contributed by atoms with Gasteiger partial charge in [-0.1, -0.05) is 44.2 Å². The summed E-state index contributed by atoms with van der Waals surface area (Å²) in [5, 5.41) is 15.6. The molecule has 7 nitrogen and oxygen atoms in total. The zero-order valence-electron chi connectivity index (χ0n) is 18.0. The minimum atomic E-state index is -1.26. The van der Waals surface area contributed by atoms with Crippen LogP contribution < -0.4 is 4.74 Å². The lowest BCUT2D eigenvalue weighted by molar-refractivity contribution is -0.134. The lowest BCUT2D eigenvalue weighted by Gasteiger charge is -2.15. The highest BCUT2D eigenvalue weighted by Crippen LogP contribution is 2.35. The smallest absolute Gasteiger partial charge is 0.328 e. The van der Waals surface area contributed by atoms with Gasteiger partial charge in [0.15, 0.2) is 5.75 Å². The summed E-state index contributed by atoms with van der Waals surface area (Å²) in [6.45, 7) is 6.39. The highest BCUT2D eigenvalue weighted by molar-refractivity contribution is 5.91. The van der Waals surface area contributed by atoms with Crippen molar-refractivity contribution in [2.75, 3.05) is 20.1 Å². The third-order valence-corrected chi connectivity index (χ3v) is 4.51. The predicted octanol–water partition coefficient (Wildman–Crippen LogP) is 4.72. The highest BCUT2D eigenvalue weighted by atomic mass is 16.5. The topological polar surface area (TPSA) is 99.4 Å². The third-order valence-electron chi connectivity index (χ3n) is 4.51. The van der Waals surface area contributed by atoms with Crippen LogP contribution in [0.25, 0.3) is 0 Å². The molecule has 1 heterocycles. The number of carboxylic acid groups (broad SMARTS) is 2. The van der Waals surface area contributed by atoms with E-state index in [4.69, 9.17) is 19.9 Å². The fourth-order valence-corrected chi connectivity index (χ4v) is 3.00. The standard InChI is InChI=1S/C20H24N2O.C4H4O4/c1-15(2)17-8-4-6-10-19(17)23-20-11-7-5-9-18(20)21-16-12-13-22(3)14-16;5-3(6)1-2-4(7)8/h4-11,15H,12-14H2,1-3H3;1-2H,(H,5,6)(H,7,8)/b;2-1+. The highest BCUT2D eigenvalue weighted by Gasteiger charge is 2.15. The number of aliphatic imine (C=N–C) groups is 1. The van der Waals surface area contributed by atoms with Crippen LogP contribution in [0.3, 0.4) is 0 Å². The third kappa shape index (κ3) is 8.06. The van der Waals surface area contributed by atoms with Crippen molar-refractivity contribution in [3.63, 3.8) is 0 Å². The van der Waals surface area contributed by atoms with Gasteiger partial charge in [0.2, 0.25) is 0 Å². The van der Waals surface area contributed by atoms with Gasteiger partial charge in [-0.3, -0.25) is 4.99 Å². The summed E-state index contributed by atoms with van der Waals surface area (Å²) in [4.78, 5) is 26.2. The molecule has 7 heteroatoms.